The van der Waals surface area contributed by atoms with Gasteiger partial charge < -0.3 is 25.8 Å². The molecule has 4 N–H and O–H groups in total. The maximum Gasteiger partial charge on any atom is 0.255 e. The third kappa shape index (κ3) is 7.73. The molecular formula is C22H30N4O3. The van der Waals surface area contributed by atoms with E-state index in [2.05, 4.69) is 34.7 Å². The summed E-state index contributed by atoms with van der Waals surface area (Å²) in [6, 6.07) is 15.7. The average Bonchev–Trinajstić information content (AvgIpc) is 2.74. The fourth-order valence-corrected chi connectivity index (χ4v) is 2.81. The number of carbonyl (C=O) groups excluding carboxylic acids is 1. The molecule has 0 radical (unpaired) electrons. The minimum absolute atomic E-state index is 0.132. The standard InChI is InChI=1S/C22H30N4O3/c1-16(18-7-9-19(28-3)10-8-18)11-12-25-22(24-2)26-14-17-5-4-6-20(13-17)29-15-21(23)27/h4-10,13,16H,11-12,14-15H2,1-3H3,(H2,23,27)(H2,24,25,26). The molecule has 0 saturated heterocycles. The Labute approximate surface area is 172 Å². The van der Waals surface area contributed by atoms with Gasteiger partial charge in [0.2, 0.25) is 0 Å². The second kappa shape index (κ2) is 11.6. The Morgan fingerprint density at radius 3 is 2.55 bits per heavy atom. The molecule has 2 aromatic rings. The van der Waals surface area contributed by atoms with Crippen molar-refractivity contribution in [1.29, 1.82) is 0 Å². The molecule has 0 aromatic heterocycles. The number of nitrogens with two attached hydrogens (primary N) is 1. The lowest BCUT2D eigenvalue weighted by Gasteiger charge is -2.16. The molecular weight excluding hydrogens is 368 g/mol. The fourth-order valence-electron chi connectivity index (χ4n) is 2.81. The van der Waals surface area contributed by atoms with Gasteiger partial charge in [0.15, 0.2) is 12.6 Å². The van der Waals surface area contributed by atoms with Crippen LogP contribution in [0.4, 0.5) is 0 Å². The molecule has 0 spiro atoms. The van der Waals surface area contributed by atoms with E-state index < -0.39 is 5.91 Å². The number of hydrogen-bond donors (Lipinski definition) is 3. The zero-order valence-electron chi connectivity index (χ0n) is 17.3. The van der Waals surface area contributed by atoms with E-state index in [1.807, 2.05) is 30.3 Å². The highest BCUT2D eigenvalue weighted by atomic mass is 16.5. The maximum atomic E-state index is 10.8. The summed E-state index contributed by atoms with van der Waals surface area (Å²) in [5.74, 6) is 2.13. The van der Waals surface area contributed by atoms with Crippen molar-refractivity contribution >= 4 is 11.9 Å². The van der Waals surface area contributed by atoms with Gasteiger partial charge in [-0.15, -0.1) is 0 Å². The van der Waals surface area contributed by atoms with Crippen LogP contribution in [0.25, 0.3) is 0 Å². The molecule has 2 aromatic carbocycles. The molecule has 0 saturated carbocycles. The molecule has 0 heterocycles. The molecule has 2 rings (SSSR count). The second-order valence-electron chi connectivity index (χ2n) is 6.72. The highest BCUT2D eigenvalue weighted by Gasteiger charge is 2.07. The molecule has 0 aliphatic rings. The van der Waals surface area contributed by atoms with Crippen LogP contribution in [-0.4, -0.2) is 39.2 Å². The predicted octanol–water partition coefficient (Wildman–Crippen LogP) is 2.42. The van der Waals surface area contributed by atoms with Crippen LogP contribution in [0.15, 0.2) is 53.5 Å². The van der Waals surface area contributed by atoms with Crippen LogP contribution in [0.5, 0.6) is 11.5 Å². The molecule has 1 atom stereocenters. The molecule has 0 bridgehead atoms. The van der Waals surface area contributed by atoms with Crippen molar-refractivity contribution in [3.63, 3.8) is 0 Å². The van der Waals surface area contributed by atoms with Gasteiger partial charge in [0.05, 0.1) is 7.11 Å². The number of amides is 1. The van der Waals surface area contributed by atoms with Crippen molar-refractivity contribution in [2.45, 2.75) is 25.8 Å². The molecule has 1 amide bonds. The number of guanidine groups is 1. The lowest BCUT2D eigenvalue weighted by molar-refractivity contribution is -0.119. The number of benzene rings is 2. The summed E-state index contributed by atoms with van der Waals surface area (Å²) in [5, 5.41) is 6.62. The van der Waals surface area contributed by atoms with E-state index in [-0.39, 0.29) is 6.61 Å². The zero-order valence-corrected chi connectivity index (χ0v) is 17.3. The fraction of sp³-hybridized carbons (Fsp3) is 0.364. The molecule has 7 nitrogen and oxygen atoms in total. The van der Waals surface area contributed by atoms with Gasteiger partial charge in [0.25, 0.3) is 5.91 Å². The monoisotopic (exact) mass is 398 g/mol. The lowest BCUT2D eigenvalue weighted by Crippen LogP contribution is -2.37. The van der Waals surface area contributed by atoms with Gasteiger partial charge >= 0.3 is 0 Å². The Balaban J connectivity index is 1.77. The van der Waals surface area contributed by atoms with E-state index in [1.54, 1.807) is 20.2 Å². The first-order valence-corrected chi connectivity index (χ1v) is 9.60. The summed E-state index contributed by atoms with van der Waals surface area (Å²) in [6.07, 6.45) is 0.976. The number of nitrogens with zero attached hydrogens (tertiary/aromatic N) is 1. The number of carbonyl (C=O) groups is 1. The van der Waals surface area contributed by atoms with Crippen LogP contribution in [0.3, 0.4) is 0 Å². The molecule has 156 valence electrons. The molecule has 7 heteroatoms. The summed E-state index contributed by atoms with van der Waals surface area (Å²) >= 11 is 0. The molecule has 0 aliphatic heterocycles. The topological polar surface area (TPSA) is 98.0 Å². The van der Waals surface area contributed by atoms with Crippen molar-refractivity contribution in [2.75, 3.05) is 27.3 Å². The van der Waals surface area contributed by atoms with E-state index in [4.69, 9.17) is 15.2 Å². The normalized spacial score (nSPS) is 12.2. The van der Waals surface area contributed by atoms with E-state index in [9.17, 15) is 4.79 Å². The van der Waals surface area contributed by atoms with Gasteiger partial charge in [-0.25, -0.2) is 0 Å². The Hall–Kier alpha value is -3.22. The van der Waals surface area contributed by atoms with Gasteiger partial charge in [-0.3, -0.25) is 9.79 Å². The number of rotatable bonds is 10. The summed E-state index contributed by atoms with van der Waals surface area (Å²) in [6.45, 7) is 3.46. The van der Waals surface area contributed by atoms with Crippen LogP contribution in [0, 0.1) is 0 Å². The first kappa shape index (κ1) is 22.1. The maximum absolute atomic E-state index is 10.8. The van der Waals surface area contributed by atoms with Crippen molar-refractivity contribution in [2.24, 2.45) is 10.7 Å². The third-order valence-corrected chi connectivity index (χ3v) is 4.52. The van der Waals surface area contributed by atoms with Gasteiger partial charge in [0.1, 0.15) is 11.5 Å². The first-order valence-electron chi connectivity index (χ1n) is 9.60. The minimum atomic E-state index is -0.498. The number of hydrogen-bond acceptors (Lipinski definition) is 4. The molecule has 1 unspecified atom stereocenters. The van der Waals surface area contributed by atoms with Crippen molar-refractivity contribution in [3.8, 4) is 11.5 Å². The van der Waals surface area contributed by atoms with E-state index >= 15 is 0 Å². The van der Waals surface area contributed by atoms with Crippen LogP contribution in [0.2, 0.25) is 0 Å². The second-order valence-corrected chi connectivity index (χ2v) is 6.72. The van der Waals surface area contributed by atoms with E-state index in [1.165, 1.54) is 5.56 Å². The van der Waals surface area contributed by atoms with Gasteiger partial charge in [-0.05, 0) is 47.7 Å². The van der Waals surface area contributed by atoms with Crippen molar-refractivity contribution < 1.29 is 14.3 Å². The van der Waals surface area contributed by atoms with Gasteiger partial charge in [-0.2, -0.15) is 0 Å². The van der Waals surface area contributed by atoms with Crippen molar-refractivity contribution in [1.82, 2.24) is 10.6 Å². The predicted molar refractivity (Wildman–Crippen MR) is 115 cm³/mol. The summed E-state index contributed by atoms with van der Waals surface area (Å²) < 4.78 is 10.5. The minimum Gasteiger partial charge on any atom is -0.497 e. The van der Waals surface area contributed by atoms with E-state index in [0.717, 1.165) is 30.2 Å². The third-order valence-electron chi connectivity index (χ3n) is 4.52. The van der Waals surface area contributed by atoms with Gasteiger partial charge in [-0.1, -0.05) is 31.2 Å². The number of ether oxygens (including phenoxy) is 2. The number of nitrogens with one attached hydrogen (secondary N) is 2. The average molecular weight is 399 g/mol. The number of methoxy groups -OCH3 is 1. The molecule has 29 heavy (non-hydrogen) atoms. The lowest BCUT2D eigenvalue weighted by atomic mass is 9.98. The Morgan fingerprint density at radius 1 is 1.14 bits per heavy atom. The summed E-state index contributed by atoms with van der Waals surface area (Å²) in [4.78, 5) is 15.1. The number of primary amides is 1. The first-order chi connectivity index (χ1) is 14.0. The molecule has 0 fully saturated rings. The smallest absolute Gasteiger partial charge is 0.255 e. The number of aliphatic imine (C=N–C) groups is 1. The van der Waals surface area contributed by atoms with Gasteiger partial charge in [0, 0.05) is 20.1 Å². The van der Waals surface area contributed by atoms with Crippen LogP contribution in [0.1, 0.15) is 30.4 Å². The largest absolute Gasteiger partial charge is 0.497 e. The highest BCUT2D eigenvalue weighted by Crippen LogP contribution is 2.21. The Morgan fingerprint density at radius 2 is 1.90 bits per heavy atom. The quantitative estimate of drug-likeness (QED) is 0.422. The molecule has 0 aliphatic carbocycles. The summed E-state index contributed by atoms with van der Waals surface area (Å²) in [5.41, 5.74) is 7.40. The van der Waals surface area contributed by atoms with Crippen LogP contribution in [-0.2, 0) is 11.3 Å². The summed E-state index contributed by atoms with van der Waals surface area (Å²) in [7, 11) is 3.42. The van der Waals surface area contributed by atoms with E-state index in [0.29, 0.717) is 18.2 Å². The Bertz CT molecular complexity index is 806. The SMILES string of the molecule is CN=C(NCCC(C)c1ccc(OC)cc1)NCc1cccc(OCC(N)=O)c1. The highest BCUT2D eigenvalue weighted by molar-refractivity contribution is 5.79. The Kier molecular flexibility index (Phi) is 8.82. The van der Waals surface area contributed by atoms with Crippen molar-refractivity contribution in [3.05, 3.63) is 59.7 Å². The van der Waals surface area contributed by atoms with Crippen LogP contribution < -0.4 is 25.8 Å². The van der Waals surface area contributed by atoms with Crippen LogP contribution >= 0.6 is 0 Å². The zero-order chi connectivity index (χ0) is 21.1.